The van der Waals surface area contributed by atoms with Crippen molar-refractivity contribution in [2.75, 3.05) is 0 Å². The summed E-state index contributed by atoms with van der Waals surface area (Å²) in [6.45, 7) is 3.81. The summed E-state index contributed by atoms with van der Waals surface area (Å²) < 4.78 is 2.83. The zero-order valence-corrected chi connectivity index (χ0v) is 11.3. The minimum Gasteiger partial charge on any atom is -0.477 e. The first kappa shape index (κ1) is 13.8. The third-order valence-corrected chi connectivity index (χ3v) is 3.23. The molecule has 2 aromatic heterocycles. The number of rotatable bonds is 3. The second kappa shape index (κ2) is 4.80. The SMILES string of the molecule is Cc1nn(C)c(C)c1Cn1cc(C(=O)O)c(=O)[nH]c1=O. The van der Waals surface area contributed by atoms with Gasteiger partial charge in [-0.3, -0.25) is 19.0 Å². The van der Waals surface area contributed by atoms with Crippen molar-refractivity contribution in [3.63, 3.8) is 0 Å². The maximum atomic E-state index is 11.7. The molecule has 0 radical (unpaired) electrons. The predicted molar refractivity (Wildman–Crippen MR) is 70.1 cm³/mol. The fraction of sp³-hybridized carbons (Fsp3) is 0.333. The summed E-state index contributed by atoms with van der Waals surface area (Å²) in [4.78, 5) is 36.0. The van der Waals surface area contributed by atoms with Gasteiger partial charge in [0.2, 0.25) is 0 Å². The van der Waals surface area contributed by atoms with Gasteiger partial charge >= 0.3 is 11.7 Å². The summed E-state index contributed by atoms with van der Waals surface area (Å²) in [6.07, 6.45) is 1.05. The van der Waals surface area contributed by atoms with E-state index in [1.165, 1.54) is 0 Å². The molecule has 0 bridgehead atoms. The Balaban J connectivity index is 2.54. The van der Waals surface area contributed by atoms with Gasteiger partial charge in [-0.25, -0.2) is 9.59 Å². The lowest BCUT2D eigenvalue weighted by Crippen LogP contribution is -2.33. The lowest BCUT2D eigenvalue weighted by Gasteiger charge is -2.06. The largest absolute Gasteiger partial charge is 0.477 e. The van der Waals surface area contributed by atoms with Crippen LogP contribution in [-0.2, 0) is 13.6 Å². The van der Waals surface area contributed by atoms with E-state index in [0.29, 0.717) is 0 Å². The second-order valence-electron chi connectivity index (χ2n) is 4.51. The Morgan fingerprint density at radius 1 is 1.40 bits per heavy atom. The van der Waals surface area contributed by atoms with E-state index >= 15 is 0 Å². The van der Waals surface area contributed by atoms with E-state index in [0.717, 1.165) is 27.7 Å². The number of aromatic carboxylic acids is 1. The van der Waals surface area contributed by atoms with Crippen molar-refractivity contribution in [3.05, 3.63) is 49.5 Å². The summed E-state index contributed by atoms with van der Waals surface area (Å²) in [5.74, 6) is -1.38. The number of hydrogen-bond donors (Lipinski definition) is 2. The van der Waals surface area contributed by atoms with Gasteiger partial charge in [0, 0.05) is 24.5 Å². The minimum atomic E-state index is -1.38. The Bertz CT molecular complexity index is 797. The fourth-order valence-corrected chi connectivity index (χ4v) is 2.00. The van der Waals surface area contributed by atoms with Gasteiger partial charge < -0.3 is 5.11 Å². The summed E-state index contributed by atoms with van der Waals surface area (Å²) in [7, 11) is 1.78. The monoisotopic (exact) mass is 278 g/mol. The standard InChI is InChI=1S/C12H14N4O4/c1-6-8(7(2)15(3)14-6)4-16-5-9(11(18)19)10(17)13-12(16)20/h5H,4H2,1-3H3,(H,18,19)(H,13,17,20). The minimum absolute atomic E-state index is 0.154. The number of H-pyrrole nitrogens is 1. The Kier molecular flexibility index (Phi) is 3.31. The summed E-state index contributed by atoms with van der Waals surface area (Å²) in [5.41, 5.74) is 0.417. The normalized spacial score (nSPS) is 10.8. The number of aromatic amines is 1. The maximum absolute atomic E-state index is 11.7. The Morgan fingerprint density at radius 2 is 2.05 bits per heavy atom. The summed E-state index contributed by atoms with van der Waals surface area (Å²) in [5, 5.41) is 13.1. The van der Waals surface area contributed by atoms with E-state index in [1.54, 1.807) is 18.7 Å². The molecular formula is C12H14N4O4. The van der Waals surface area contributed by atoms with Crippen LogP contribution in [0.4, 0.5) is 0 Å². The van der Waals surface area contributed by atoms with E-state index in [2.05, 4.69) is 5.10 Å². The van der Waals surface area contributed by atoms with Crippen molar-refractivity contribution in [1.82, 2.24) is 19.3 Å². The van der Waals surface area contributed by atoms with Crippen LogP contribution in [0.1, 0.15) is 27.3 Å². The third kappa shape index (κ3) is 2.27. The number of carboxylic acid groups (broad SMARTS) is 1. The zero-order chi connectivity index (χ0) is 15.0. The van der Waals surface area contributed by atoms with Gasteiger partial charge in [-0.2, -0.15) is 5.10 Å². The summed E-state index contributed by atoms with van der Waals surface area (Å²) in [6, 6.07) is 0. The quantitative estimate of drug-likeness (QED) is 0.796. The van der Waals surface area contributed by atoms with Crippen LogP contribution in [-0.4, -0.2) is 30.4 Å². The molecular weight excluding hydrogens is 264 g/mol. The topological polar surface area (TPSA) is 110 Å². The van der Waals surface area contributed by atoms with Crippen molar-refractivity contribution in [3.8, 4) is 0 Å². The van der Waals surface area contributed by atoms with Crippen LogP contribution < -0.4 is 11.2 Å². The molecule has 2 aromatic rings. The van der Waals surface area contributed by atoms with E-state index in [1.807, 2.05) is 11.9 Å². The molecule has 0 aliphatic rings. The molecule has 0 amide bonds. The van der Waals surface area contributed by atoms with E-state index in [9.17, 15) is 14.4 Å². The smallest absolute Gasteiger partial charge is 0.342 e. The average Bonchev–Trinajstić information content (AvgIpc) is 2.58. The molecule has 0 aromatic carbocycles. The van der Waals surface area contributed by atoms with Gasteiger partial charge in [-0.1, -0.05) is 0 Å². The number of nitrogens with one attached hydrogen (secondary N) is 1. The predicted octanol–water partition coefficient (Wildman–Crippen LogP) is -0.367. The Labute approximate surface area is 113 Å². The first-order chi connectivity index (χ1) is 9.31. The number of hydrogen-bond acceptors (Lipinski definition) is 4. The molecule has 2 N–H and O–H groups in total. The average molecular weight is 278 g/mol. The van der Waals surface area contributed by atoms with Crippen molar-refractivity contribution in [2.45, 2.75) is 20.4 Å². The van der Waals surface area contributed by atoms with E-state index in [4.69, 9.17) is 5.11 Å². The van der Waals surface area contributed by atoms with Crippen molar-refractivity contribution in [2.24, 2.45) is 7.05 Å². The first-order valence-electron chi connectivity index (χ1n) is 5.87. The number of aryl methyl sites for hydroxylation is 2. The molecule has 2 rings (SSSR count). The highest BCUT2D eigenvalue weighted by atomic mass is 16.4. The van der Waals surface area contributed by atoms with Gasteiger partial charge in [-0.05, 0) is 13.8 Å². The molecule has 2 heterocycles. The van der Waals surface area contributed by atoms with Gasteiger partial charge in [-0.15, -0.1) is 0 Å². The van der Waals surface area contributed by atoms with Crippen molar-refractivity contribution < 1.29 is 9.90 Å². The van der Waals surface area contributed by atoms with Crippen LogP contribution in [0.2, 0.25) is 0 Å². The van der Waals surface area contributed by atoms with Gasteiger partial charge in [0.05, 0.1) is 12.2 Å². The van der Waals surface area contributed by atoms with Crippen LogP contribution in [0, 0.1) is 13.8 Å². The second-order valence-corrected chi connectivity index (χ2v) is 4.51. The molecule has 0 unspecified atom stereocenters. The first-order valence-corrected chi connectivity index (χ1v) is 5.87. The Hall–Kier alpha value is -2.64. The van der Waals surface area contributed by atoms with E-state index in [-0.39, 0.29) is 6.54 Å². The van der Waals surface area contributed by atoms with Gasteiger partial charge in [0.1, 0.15) is 5.56 Å². The molecule has 8 nitrogen and oxygen atoms in total. The van der Waals surface area contributed by atoms with Gasteiger partial charge in [0.25, 0.3) is 5.56 Å². The van der Waals surface area contributed by atoms with Crippen LogP contribution in [0.15, 0.2) is 15.8 Å². The molecule has 20 heavy (non-hydrogen) atoms. The number of carbonyl (C=O) groups is 1. The molecule has 8 heteroatoms. The van der Waals surface area contributed by atoms with Gasteiger partial charge in [0.15, 0.2) is 0 Å². The lowest BCUT2D eigenvalue weighted by atomic mass is 10.2. The highest BCUT2D eigenvalue weighted by Gasteiger charge is 2.14. The van der Waals surface area contributed by atoms with Crippen LogP contribution >= 0.6 is 0 Å². The molecule has 0 saturated carbocycles. The van der Waals surface area contributed by atoms with Crippen LogP contribution in [0.3, 0.4) is 0 Å². The molecule has 0 fully saturated rings. The van der Waals surface area contributed by atoms with Crippen molar-refractivity contribution >= 4 is 5.97 Å². The molecule has 106 valence electrons. The molecule has 0 atom stereocenters. The Morgan fingerprint density at radius 3 is 2.55 bits per heavy atom. The number of nitrogens with zero attached hydrogens (tertiary/aromatic N) is 3. The number of aromatic nitrogens is 4. The van der Waals surface area contributed by atoms with Crippen LogP contribution in [0.25, 0.3) is 0 Å². The third-order valence-electron chi connectivity index (χ3n) is 3.23. The summed E-state index contributed by atoms with van der Waals surface area (Å²) >= 11 is 0. The zero-order valence-electron chi connectivity index (χ0n) is 11.3. The molecule has 0 saturated heterocycles. The van der Waals surface area contributed by atoms with Crippen molar-refractivity contribution in [1.29, 1.82) is 0 Å². The van der Waals surface area contributed by atoms with Crippen LogP contribution in [0.5, 0.6) is 0 Å². The lowest BCUT2D eigenvalue weighted by molar-refractivity contribution is 0.0693. The molecule has 0 spiro atoms. The molecule has 0 aliphatic carbocycles. The molecule has 0 aliphatic heterocycles. The van der Waals surface area contributed by atoms with E-state index < -0.39 is 22.8 Å². The fourth-order valence-electron chi connectivity index (χ4n) is 2.00. The highest BCUT2D eigenvalue weighted by Crippen LogP contribution is 2.12. The highest BCUT2D eigenvalue weighted by molar-refractivity contribution is 5.86. The number of carboxylic acids is 1. The maximum Gasteiger partial charge on any atom is 0.342 e.